The first-order valence-electron chi connectivity index (χ1n) is 11.9. The molecule has 0 bridgehead atoms. The van der Waals surface area contributed by atoms with Crippen LogP contribution in [-0.4, -0.2) is 43.6 Å². The summed E-state index contributed by atoms with van der Waals surface area (Å²) < 4.78 is 13.1. The second-order valence-corrected chi connectivity index (χ2v) is 9.71. The summed E-state index contributed by atoms with van der Waals surface area (Å²) in [6.45, 7) is 2.94. The lowest BCUT2D eigenvalue weighted by Crippen LogP contribution is -2.40. The highest BCUT2D eigenvalue weighted by Gasteiger charge is 2.41. The van der Waals surface area contributed by atoms with E-state index < -0.39 is 12.0 Å². The zero-order chi connectivity index (χ0) is 23.3. The van der Waals surface area contributed by atoms with Crippen molar-refractivity contribution in [1.82, 2.24) is 25.1 Å². The van der Waals surface area contributed by atoms with E-state index in [2.05, 4.69) is 38.8 Å². The van der Waals surface area contributed by atoms with Crippen molar-refractivity contribution in [3.8, 4) is 0 Å². The number of carbonyl (C=O) groups excluding carboxylic acids is 1. The minimum Gasteiger partial charge on any atom is -0.329 e. The zero-order valence-corrected chi connectivity index (χ0v) is 19.1. The van der Waals surface area contributed by atoms with Gasteiger partial charge in [-0.25, -0.2) is 9.97 Å². The Morgan fingerprint density at radius 3 is 2.91 bits per heavy atom. The number of pyridine rings is 1. The summed E-state index contributed by atoms with van der Waals surface area (Å²) in [7, 11) is 0. The zero-order valence-electron chi connectivity index (χ0n) is 19.1. The molecule has 1 saturated carbocycles. The van der Waals surface area contributed by atoms with Gasteiger partial charge >= 0.3 is 0 Å². The molecule has 3 aliphatic rings. The fraction of sp³-hybridized carbons (Fsp3) is 0.458. The Balaban J connectivity index is 1.25. The number of H-pyrrole nitrogens is 1. The van der Waals surface area contributed by atoms with Crippen LogP contribution in [-0.2, 0) is 23.1 Å². The van der Waals surface area contributed by atoms with Gasteiger partial charge in [-0.1, -0.05) is 6.92 Å². The van der Waals surface area contributed by atoms with Crippen LogP contribution in [0.1, 0.15) is 56.0 Å². The number of halogens is 1. The molecule has 0 aromatic carbocycles. The molecule has 1 atom stereocenters. The molecule has 3 aromatic rings. The summed E-state index contributed by atoms with van der Waals surface area (Å²) >= 11 is 0. The molecule has 1 saturated heterocycles. The van der Waals surface area contributed by atoms with Gasteiger partial charge in [0.25, 0.3) is 0 Å². The number of aryl methyl sites for hydroxylation is 1. The Morgan fingerprint density at radius 2 is 2.12 bits per heavy atom. The van der Waals surface area contributed by atoms with Gasteiger partial charge in [-0.15, -0.1) is 0 Å². The van der Waals surface area contributed by atoms with Crippen molar-refractivity contribution in [2.75, 3.05) is 22.1 Å². The van der Waals surface area contributed by atoms with Crippen LogP contribution in [0.4, 0.5) is 27.7 Å². The molecule has 2 fully saturated rings. The Labute approximate surface area is 196 Å². The SMILES string of the molecule is CC1(c2cc(Nc3nc(N4CCCC4C(=O)Nc4ccc(F)nc4)nc4c3CCC4)n[nH]2)CC1. The monoisotopic (exact) mass is 462 g/mol. The Hall–Kier alpha value is -3.56. The van der Waals surface area contributed by atoms with Crippen molar-refractivity contribution in [2.45, 2.75) is 63.3 Å². The van der Waals surface area contributed by atoms with Gasteiger partial charge in [-0.3, -0.25) is 9.89 Å². The van der Waals surface area contributed by atoms with Crippen molar-refractivity contribution in [2.24, 2.45) is 0 Å². The number of hydrogen-bond acceptors (Lipinski definition) is 7. The second-order valence-electron chi connectivity index (χ2n) is 9.71. The number of fused-ring (bicyclic) bond motifs is 1. The highest BCUT2D eigenvalue weighted by molar-refractivity contribution is 5.96. The fourth-order valence-corrected chi connectivity index (χ4v) is 4.88. The van der Waals surface area contributed by atoms with Crippen LogP contribution in [0.3, 0.4) is 0 Å². The van der Waals surface area contributed by atoms with Crippen molar-refractivity contribution in [3.05, 3.63) is 47.3 Å². The van der Waals surface area contributed by atoms with Gasteiger partial charge in [-0.2, -0.15) is 14.5 Å². The van der Waals surface area contributed by atoms with Crippen molar-refractivity contribution in [1.29, 1.82) is 0 Å². The second kappa shape index (κ2) is 8.03. The highest BCUT2D eigenvalue weighted by atomic mass is 19.1. The van der Waals surface area contributed by atoms with Crippen LogP contribution in [0.2, 0.25) is 0 Å². The molecule has 1 amide bonds. The number of amides is 1. The number of aromatic amines is 1. The Morgan fingerprint density at radius 1 is 1.24 bits per heavy atom. The molecule has 1 unspecified atom stereocenters. The van der Waals surface area contributed by atoms with Crippen molar-refractivity contribution >= 4 is 29.2 Å². The van der Waals surface area contributed by atoms with Gasteiger partial charge < -0.3 is 15.5 Å². The summed E-state index contributed by atoms with van der Waals surface area (Å²) in [5.74, 6) is 1.33. The van der Waals surface area contributed by atoms with E-state index in [1.54, 1.807) is 0 Å². The molecule has 3 N–H and O–H groups in total. The molecular formula is C24H27FN8O. The lowest BCUT2D eigenvalue weighted by atomic mass is 10.1. The Kier molecular flexibility index (Phi) is 4.96. The first-order valence-corrected chi connectivity index (χ1v) is 11.9. The van der Waals surface area contributed by atoms with Gasteiger partial charge in [-0.05, 0) is 57.1 Å². The summed E-state index contributed by atoms with van der Waals surface area (Å²) in [4.78, 5) is 28.3. The van der Waals surface area contributed by atoms with Crippen molar-refractivity contribution < 1.29 is 9.18 Å². The number of nitrogens with one attached hydrogen (secondary N) is 3. The normalized spacial score (nSPS) is 20.3. The predicted molar refractivity (Wildman–Crippen MR) is 126 cm³/mol. The number of carbonyl (C=O) groups is 1. The maximum atomic E-state index is 13.1. The molecule has 176 valence electrons. The van der Waals surface area contributed by atoms with Gasteiger partial charge in [0.2, 0.25) is 17.8 Å². The Bertz CT molecular complexity index is 1240. The van der Waals surface area contributed by atoms with Gasteiger partial charge in [0.05, 0.1) is 17.6 Å². The van der Waals surface area contributed by atoms with E-state index in [-0.39, 0.29) is 11.3 Å². The number of hydrogen-bond donors (Lipinski definition) is 3. The fourth-order valence-electron chi connectivity index (χ4n) is 4.88. The smallest absolute Gasteiger partial charge is 0.247 e. The largest absolute Gasteiger partial charge is 0.329 e. The summed E-state index contributed by atoms with van der Waals surface area (Å²) in [6, 6.07) is 4.41. The molecule has 34 heavy (non-hydrogen) atoms. The lowest BCUT2D eigenvalue weighted by Gasteiger charge is -2.25. The molecule has 4 heterocycles. The standard InChI is InChI=1S/C24H27FN8O/c1-24(9-10-24)18-12-20(32-31-18)29-21-15-4-2-5-16(15)28-23(30-21)33-11-3-6-17(33)22(34)27-14-7-8-19(25)26-13-14/h7-8,12-13,17H,2-6,9-11H2,1H3,(H,27,34)(H2,28,29,30,31,32). The van der Waals surface area contributed by atoms with Crippen molar-refractivity contribution in [3.63, 3.8) is 0 Å². The van der Waals surface area contributed by atoms with Crippen LogP contribution in [0, 0.1) is 5.95 Å². The van der Waals surface area contributed by atoms with Crippen LogP contribution < -0.4 is 15.5 Å². The van der Waals surface area contributed by atoms with E-state index in [1.807, 2.05) is 4.90 Å². The summed E-state index contributed by atoms with van der Waals surface area (Å²) in [5.41, 5.74) is 3.98. The maximum Gasteiger partial charge on any atom is 0.247 e. The van der Waals surface area contributed by atoms with E-state index in [0.29, 0.717) is 24.6 Å². The van der Waals surface area contributed by atoms with E-state index in [0.717, 1.165) is 54.3 Å². The molecule has 10 heteroatoms. The van der Waals surface area contributed by atoms with E-state index in [9.17, 15) is 9.18 Å². The quantitative estimate of drug-likeness (QED) is 0.480. The van der Waals surface area contributed by atoms with E-state index >= 15 is 0 Å². The van der Waals surface area contributed by atoms with Gasteiger partial charge in [0, 0.05) is 29.3 Å². The first-order chi connectivity index (χ1) is 16.5. The average molecular weight is 463 g/mol. The maximum absolute atomic E-state index is 13.1. The molecule has 2 aliphatic carbocycles. The molecule has 9 nitrogen and oxygen atoms in total. The third-order valence-electron chi connectivity index (χ3n) is 7.20. The topological polar surface area (TPSA) is 112 Å². The lowest BCUT2D eigenvalue weighted by molar-refractivity contribution is -0.117. The van der Waals surface area contributed by atoms with Crippen LogP contribution >= 0.6 is 0 Å². The molecule has 0 spiro atoms. The number of aromatic nitrogens is 5. The third kappa shape index (κ3) is 3.86. The molecule has 6 rings (SSSR count). The first kappa shape index (κ1) is 21.0. The third-order valence-corrected chi connectivity index (χ3v) is 7.20. The average Bonchev–Trinajstić information content (AvgIpc) is 3.29. The minimum absolute atomic E-state index is 0.167. The van der Waals surface area contributed by atoms with Crippen LogP contribution in [0.15, 0.2) is 24.4 Å². The number of nitrogens with zero attached hydrogens (tertiary/aromatic N) is 5. The molecule has 0 radical (unpaired) electrons. The summed E-state index contributed by atoms with van der Waals surface area (Å²) in [5, 5.41) is 13.9. The van der Waals surface area contributed by atoms with Crippen LogP contribution in [0.25, 0.3) is 0 Å². The summed E-state index contributed by atoms with van der Waals surface area (Å²) in [6.07, 6.45) is 8.09. The minimum atomic E-state index is -0.581. The predicted octanol–water partition coefficient (Wildman–Crippen LogP) is 3.63. The molecule has 1 aliphatic heterocycles. The van der Waals surface area contributed by atoms with Gasteiger partial charge in [0.1, 0.15) is 11.9 Å². The van der Waals surface area contributed by atoms with E-state index in [4.69, 9.17) is 9.97 Å². The van der Waals surface area contributed by atoms with E-state index in [1.165, 1.54) is 31.2 Å². The van der Waals surface area contributed by atoms with Crippen LogP contribution in [0.5, 0.6) is 0 Å². The highest BCUT2D eigenvalue weighted by Crippen LogP contribution is 2.47. The van der Waals surface area contributed by atoms with Gasteiger partial charge in [0.15, 0.2) is 5.82 Å². The molecule has 3 aromatic heterocycles. The number of anilines is 4. The molecular weight excluding hydrogens is 435 g/mol. The number of rotatable bonds is 6.